The van der Waals surface area contributed by atoms with E-state index in [-0.39, 0.29) is 5.91 Å². The average molecular weight is 261 g/mol. The fraction of sp³-hybridized carbons (Fsp3) is 0.231. The second-order valence-electron chi connectivity index (χ2n) is 3.90. The van der Waals surface area contributed by atoms with Crippen molar-refractivity contribution in [3.05, 3.63) is 52.0 Å². The van der Waals surface area contributed by atoms with Gasteiger partial charge in [0.05, 0.1) is 11.7 Å². The van der Waals surface area contributed by atoms with Gasteiger partial charge in [-0.05, 0) is 24.1 Å². The number of nitrogens with one attached hydrogen (secondary N) is 1. The minimum absolute atomic E-state index is 0.0801. The number of nitrogens with two attached hydrogens (primary N) is 1. The highest BCUT2D eigenvalue weighted by molar-refractivity contribution is 7.11. The normalized spacial score (nSPS) is 10.3. The molecule has 0 saturated carbocycles. The highest BCUT2D eigenvalue weighted by Crippen LogP contribution is 2.07. The summed E-state index contributed by atoms with van der Waals surface area (Å²) in [4.78, 5) is 16.2. The number of rotatable bonds is 5. The van der Waals surface area contributed by atoms with E-state index in [4.69, 9.17) is 5.73 Å². The third kappa shape index (κ3) is 3.38. The zero-order valence-corrected chi connectivity index (χ0v) is 10.7. The quantitative estimate of drug-likeness (QED) is 0.858. The van der Waals surface area contributed by atoms with E-state index in [1.165, 1.54) is 16.9 Å². The number of benzene rings is 1. The van der Waals surface area contributed by atoms with Gasteiger partial charge < -0.3 is 11.1 Å². The smallest absolute Gasteiger partial charge is 0.263 e. The first-order chi connectivity index (χ1) is 8.79. The van der Waals surface area contributed by atoms with Crippen molar-refractivity contribution in [2.75, 3.05) is 6.54 Å². The van der Waals surface area contributed by atoms with Gasteiger partial charge >= 0.3 is 0 Å². The maximum atomic E-state index is 11.7. The molecule has 18 heavy (non-hydrogen) atoms. The number of carbonyl (C=O) groups is 1. The number of aromatic nitrogens is 1. The fourth-order valence-corrected chi connectivity index (χ4v) is 2.12. The van der Waals surface area contributed by atoms with E-state index in [2.05, 4.69) is 10.3 Å². The van der Waals surface area contributed by atoms with Crippen molar-refractivity contribution in [2.45, 2.75) is 13.0 Å². The van der Waals surface area contributed by atoms with E-state index in [0.29, 0.717) is 18.0 Å². The van der Waals surface area contributed by atoms with E-state index in [0.717, 1.165) is 12.0 Å². The van der Waals surface area contributed by atoms with Crippen molar-refractivity contribution in [2.24, 2.45) is 5.73 Å². The monoisotopic (exact) mass is 261 g/mol. The van der Waals surface area contributed by atoms with Gasteiger partial charge in [-0.1, -0.05) is 24.3 Å². The van der Waals surface area contributed by atoms with Gasteiger partial charge in [0.1, 0.15) is 4.88 Å². The minimum atomic E-state index is -0.0801. The predicted molar refractivity (Wildman–Crippen MR) is 72.5 cm³/mol. The predicted octanol–water partition coefficient (Wildman–Crippen LogP) is 1.57. The molecule has 3 N–H and O–H groups in total. The molecule has 94 valence electrons. The first-order valence-corrected chi connectivity index (χ1v) is 6.62. The second-order valence-corrected chi connectivity index (χ2v) is 4.79. The molecule has 0 aliphatic rings. The van der Waals surface area contributed by atoms with Crippen molar-refractivity contribution >= 4 is 17.2 Å². The summed E-state index contributed by atoms with van der Waals surface area (Å²) < 4.78 is 0. The van der Waals surface area contributed by atoms with Crippen LogP contribution in [0.5, 0.6) is 0 Å². The van der Waals surface area contributed by atoms with Crippen molar-refractivity contribution in [1.82, 2.24) is 10.3 Å². The Kier molecular flexibility index (Phi) is 4.44. The number of carbonyl (C=O) groups excluding carboxylic acids is 1. The molecular formula is C13H15N3OS. The van der Waals surface area contributed by atoms with Crippen LogP contribution in [-0.4, -0.2) is 17.4 Å². The molecule has 0 aliphatic heterocycles. The second kappa shape index (κ2) is 6.28. The van der Waals surface area contributed by atoms with Crippen LogP contribution in [0.3, 0.4) is 0 Å². The maximum Gasteiger partial charge on any atom is 0.263 e. The summed E-state index contributed by atoms with van der Waals surface area (Å²) in [6.45, 7) is 1.18. The van der Waals surface area contributed by atoms with Gasteiger partial charge in [0, 0.05) is 6.54 Å². The molecule has 0 saturated heterocycles. The Balaban J connectivity index is 1.88. The molecule has 1 amide bonds. The molecule has 0 spiro atoms. The molecule has 0 atom stereocenters. The third-order valence-corrected chi connectivity index (χ3v) is 3.34. The third-order valence-electron chi connectivity index (χ3n) is 2.57. The topological polar surface area (TPSA) is 68.0 Å². The van der Waals surface area contributed by atoms with Crippen LogP contribution in [0.2, 0.25) is 0 Å². The van der Waals surface area contributed by atoms with Crippen LogP contribution < -0.4 is 11.1 Å². The maximum absolute atomic E-state index is 11.7. The van der Waals surface area contributed by atoms with Crippen LogP contribution >= 0.6 is 11.3 Å². The molecule has 1 aromatic heterocycles. The molecule has 0 aliphatic carbocycles. The highest BCUT2D eigenvalue weighted by Gasteiger charge is 2.06. The Morgan fingerprint density at radius 1 is 1.28 bits per heavy atom. The van der Waals surface area contributed by atoms with Crippen LogP contribution in [0.1, 0.15) is 20.8 Å². The van der Waals surface area contributed by atoms with Crippen LogP contribution in [0.25, 0.3) is 0 Å². The summed E-state index contributed by atoms with van der Waals surface area (Å²) in [5, 5.41) is 2.86. The zero-order chi connectivity index (χ0) is 12.8. The summed E-state index contributed by atoms with van der Waals surface area (Å²) in [5.41, 5.74) is 9.43. The molecule has 0 radical (unpaired) electrons. The standard InChI is InChI=1S/C13H15N3OS/c14-6-5-10-1-3-11(4-2-10)7-16-13(17)12-8-15-9-18-12/h1-4,8-9H,5-7,14H2,(H,16,17). The molecule has 0 unspecified atom stereocenters. The summed E-state index contributed by atoms with van der Waals surface area (Å²) in [5.74, 6) is -0.0801. The average Bonchev–Trinajstić information content (AvgIpc) is 2.92. The lowest BCUT2D eigenvalue weighted by Gasteiger charge is -2.05. The van der Waals surface area contributed by atoms with E-state index in [1.807, 2.05) is 24.3 Å². The number of nitrogens with zero attached hydrogens (tertiary/aromatic N) is 1. The molecular weight excluding hydrogens is 246 g/mol. The lowest BCUT2D eigenvalue weighted by Crippen LogP contribution is -2.21. The summed E-state index contributed by atoms with van der Waals surface area (Å²) >= 11 is 1.34. The van der Waals surface area contributed by atoms with E-state index < -0.39 is 0 Å². The first kappa shape index (κ1) is 12.7. The Hall–Kier alpha value is -1.72. The van der Waals surface area contributed by atoms with Crippen molar-refractivity contribution < 1.29 is 4.79 Å². The highest BCUT2D eigenvalue weighted by atomic mass is 32.1. The van der Waals surface area contributed by atoms with E-state index in [1.54, 1.807) is 11.7 Å². The van der Waals surface area contributed by atoms with Gasteiger partial charge in [0.2, 0.25) is 0 Å². The first-order valence-electron chi connectivity index (χ1n) is 5.74. The zero-order valence-electron chi connectivity index (χ0n) is 9.93. The largest absolute Gasteiger partial charge is 0.347 e. The van der Waals surface area contributed by atoms with Crippen molar-refractivity contribution in [1.29, 1.82) is 0 Å². The fourth-order valence-electron chi connectivity index (χ4n) is 1.59. The number of hydrogen-bond acceptors (Lipinski definition) is 4. The Morgan fingerprint density at radius 3 is 2.61 bits per heavy atom. The SMILES string of the molecule is NCCc1ccc(CNC(=O)c2cncs2)cc1. The van der Waals surface area contributed by atoms with Crippen molar-refractivity contribution in [3.8, 4) is 0 Å². The molecule has 5 heteroatoms. The lowest BCUT2D eigenvalue weighted by molar-refractivity contribution is 0.0955. The van der Waals surface area contributed by atoms with Gasteiger partial charge in [-0.3, -0.25) is 9.78 Å². The van der Waals surface area contributed by atoms with E-state index in [9.17, 15) is 4.79 Å². The van der Waals surface area contributed by atoms with Crippen molar-refractivity contribution in [3.63, 3.8) is 0 Å². The molecule has 4 nitrogen and oxygen atoms in total. The molecule has 2 aromatic rings. The number of amides is 1. The summed E-state index contributed by atoms with van der Waals surface area (Å²) in [6, 6.07) is 8.11. The molecule has 1 heterocycles. The summed E-state index contributed by atoms with van der Waals surface area (Å²) in [7, 11) is 0. The van der Waals surface area contributed by atoms with Crippen LogP contribution in [-0.2, 0) is 13.0 Å². The molecule has 1 aromatic carbocycles. The molecule has 0 bridgehead atoms. The van der Waals surface area contributed by atoms with Gasteiger partial charge in [-0.15, -0.1) is 11.3 Å². The van der Waals surface area contributed by atoms with Crippen LogP contribution in [0, 0.1) is 0 Å². The Bertz CT molecular complexity index is 493. The Labute approximate surface area is 110 Å². The minimum Gasteiger partial charge on any atom is -0.347 e. The number of thiazole rings is 1. The van der Waals surface area contributed by atoms with E-state index >= 15 is 0 Å². The molecule has 2 rings (SSSR count). The number of hydrogen-bond donors (Lipinski definition) is 2. The Morgan fingerprint density at radius 2 is 2.00 bits per heavy atom. The molecule has 0 fully saturated rings. The van der Waals surface area contributed by atoms with Crippen LogP contribution in [0.15, 0.2) is 36.0 Å². The van der Waals surface area contributed by atoms with Crippen LogP contribution in [0.4, 0.5) is 0 Å². The van der Waals surface area contributed by atoms with Gasteiger partial charge in [-0.25, -0.2) is 0 Å². The lowest BCUT2D eigenvalue weighted by atomic mass is 10.1. The van der Waals surface area contributed by atoms with Gasteiger partial charge in [0.25, 0.3) is 5.91 Å². The van der Waals surface area contributed by atoms with Gasteiger partial charge in [-0.2, -0.15) is 0 Å². The van der Waals surface area contributed by atoms with Gasteiger partial charge in [0.15, 0.2) is 0 Å². The summed E-state index contributed by atoms with van der Waals surface area (Å²) in [6.07, 6.45) is 2.46.